The molecule has 0 spiro atoms. The predicted octanol–water partition coefficient (Wildman–Crippen LogP) is 4.78. The van der Waals surface area contributed by atoms with Crippen molar-refractivity contribution in [1.82, 2.24) is 0 Å². The van der Waals surface area contributed by atoms with Gasteiger partial charge in [-0.1, -0.05) is 13.8 Å². The Balaban J connectivity index is 4.83. The van der Waals surface area contributed by atoms with Gasteiger partial charge in [-0.3, -0.25) is 0 Å². The molecule has 0 heterocycles. The van der Waals surface area contributed by atoms with Crippen LogP contribution in [0.25, 0.3) is 0 Å². The molecule has 0 aliphatic rings. The van der Waals surface area contributed by atoms with E-state index in [1.54, 1.807) is 0 Å². The van der Waals surface area contributed by atoms with Gasteiger partial charge in [0.2, 0.25) is 0 Å². The molecule has 0 aromatic carbocycles. The van der Waals surface area contributed by atoms with Crippen LogP contribution in [0.5, 0.6) is 0 Å². The zero-order valence-electron chi connectivity index (χ0n) is 16.0. The van der Waals surface area contributed by atoms with Gasteiger partial charge in [0, 0.05) is 17.8 Å². The smallest absolute Gasteiger partial charge is 0.0556 e. The van der Waals surface area contributed by atoms with Crippen molar-refractivity contribution in [3.8, 4) is 0 Å². The predicted molar refractivity (Wildman–Crippen MR) is 97.9 cm³/mol. The van der Waals surface area contributed by atoms with E-state index in [0.717, 1.165) is 32.0 Å². The summed E-state index contributed by atoms with van der Waals surface area (Å²) in [5.41, 5.74) is 0.0262. The minimum Gasteiger partial charge on any atom is -0.379 e. The molecular weight excluding hydrogens is 296 g/mol. The van der Waals surface area contributed by atoms with E-state index >= 15 is 0 Å². The van der Waals surface area contributed by atoms with E-state index in [4.69, 9.17) is 14.2 Å². The maximum absolute atomic E-state index is 5.98. The molecule has 0 saturated carbocycles. The van der Waals surface area contributed by atoms with Crippen LogP contribution in [0.1, 0.15) is 61.8 Å². The first-order valence-corrected chi connectivity index (χ1v) is 9.68. The summed E-state index contributed by atoms with van der Waals surface area (Å²) in [6.07, 6.45) is 1.74. The zero-order chi connectivity index (χ0) is 17.2. The molecule has 0 N–H and O–H groups in total. The Kier molecular flexibility index (Phi) is 11.8. The molecule has 0 aliphatic heterocycles. The van der Waals surface area contributed by atoms with Crippen LogP contribution in [-0.4, -0.2) is 49.1 Å². The monoisotopic (exact) mass is 334 g/mol. The van der Waals surface area contributed by atoms with Crippen LogP contribution in [0.15, 0.2) is 0 Å². The lowest BCUT2D eigenvalue weighted by atomic mass is 9.88. The number of thioether (sulfide) groups is 1. The van der Waals surface area contributed by atoms with E-state index in [2.05, 4.69) is 55.4 Å². The Labute approximate surface area is 142 Å². The van der Waals surface area contributed by atoms with E-state index in [9.17, 15) is 0 Å². The Morgan fingerprint density at radius 3 is 1.55 bits per heavy atom. The van der Waals surface area contributed by atoms with Gasteiger partial charge in [-0.25, -0.2) is 0 Å². The normalized spacial score (nSPS) is 13.1. The highest BCUT2D eigenvalue weighted by Gasteiger charge is 2.32. The van der Waals surface area contributed by atoms with Crippen molar-refractivity contribution < 1.29 is 14.2 Å². The van der Waals surface area contributed by atoms with Gasteiger partial charge >= 0.3 is 0 Å². The maximum atomic E-state index is 5.98. The molecule has 0 bridgehead atoms. The average Bonchev–Trinajstić information content (AvgIpc) is 2.39. The minimum absolute atomic E-state index is 0.0262. The molecule has 0 aromatic rings. The van der Waals surface area contributed by atoms with Gasteiger partial charge in [0.05, 0.1) is 31.5 Å². The van der Waals surface area contributed by atoms with Gasteiger partial charge in [-0.05, 0) is 53.2 Å². The molecule has 0 saturated heterocycles. The molecule has 134 valence electrons. The lowest BCUT2D eigenvalue weighted by Crippen LogP contribution is -2.38. The molecule has 3 nitrogen and oxygen atoms in total. The summed E-state index contributed by atoms with van der Waals surface area (Å²) >= 11 is 1.98. The first kappa shape index (κ1) is 22.2. The molecule has 0 radical (unpaired) electrons. The Morgan fingerprint density at radius 1 is 0.727 bits per heavy atom. The van der Waals surface area contributed by atoms with Gasteiger partial charge in [0.1, 0.15) is 0 Å². The number of ether oxygens (including phenoxy) is 3. The van der Waals surface area contributed by atoms with Gasteiger partial charge in [0.25, 0.3) is 0 Å². The molecular formula is C18H38O3S. The molecule has 4 heteroatoms. The standard InChI is InChI=1S/C18H38O3S/c1-14(2)19-10-9-18(11-20-15(3)4,12-21-16(5)6)13-22-17(7)8/h14-17H,9-13H2,1-8H3. The van der Waals surface area contributed by atoms with Crippen molar-refractivity contribution in [2.45, 2.75) is 85.4 Å². The van der Waals surface area contributed by atoms with Crippen molar-refractivity contribution in [2.75, 3.05) is 25.6 Å². The van der Waals surface area contributed by atoms with Gasteiger partial charge < -0.3 is 14.2 Å². The van der Waals surface area contributed by atoms with Crippen LogP contribution in [0, 0.1) is 5.41 Å². The van der Waals surface area contributed by atoms with Crippen molar-refractivity contribution in [2.24, 2.45) is 5.41 Å². The summed E-state index contributed by atoms with van der Waals surface area (Å²) in [5, 5.41) is 0.614. The van der Waals surface area contributed by atoms with E-state index < -0.39 is 0 Å². The Hall–Kier alpha value is 0.230. The Morgan fingerprint density at radius 2 is 1.18 bits per heavy atom. The number of rotatable bonds is 13. The summed E-state index contributed by atoms with van der Waals surface area (Å²) in [4.78, 5) is 0. The van der Waals surface area contributed by atoms with Gasteiger partial charge in [-0.15, -0.1) is 0 Å². The molecule has 0 rings (SSSR count). The molecule has 0 fully saturated rings. The summed E-state index contributed by atoms with van der Waals surface area (Å²) in [6.45, 7) is 19.3. The van der Waals surface area contributed by atoms with Crippen LogP contribution in [0.3, 0.4) is 0 Å². The fourth-order valence-corrected chi connectivity index (χ4v) is 2.88. The van der Waals surface area contributed by atoms with Crippen LogP contribution in [0.2, 0.25) is 0 Å². The molecule has 0 aliphatic carbocycles. The quantitative estimate of drug-likeness (QED) is 0.484. The number of hydrogen-bond donors (Lipinski definition) is 0. The highest BCUT2D eigenvalue weighted by atomic mass is 32.2. The fraction of sp³-hybridized carbons (Fsp3) is 1.00. The second kappa shape index (κ2) is 11.7. The molecule has 22 heavy (non-hydrogen) atoms. The van der Waals surface area contributed by atoms with Crippen LogP contribution < -0.4 is 0 Å². The van der Waals surface area contributed by atoms with Crippen molar-refractivity contribution in [3.05, 3.63) is 0 Å². The second-order valence-electron chi connectivity index (χ2n) is 7.25. The highest BCUT2D eigenvalue weighted by molar-refractivity contribution is 7.99. The molecule has 0 amide bonds. The SMILES string of the molecule is CC(C)OCCC(COC(C)C)(COC(C)C)CSC(C)C. The lowest BCUT2D eigenvalue weighted by molar-refractivity contribution is -0.0618. The summed E-state index contributed by atoms with van der Waals surface area (Å²) in [5.74, 6) is 1.05. The summed E-state index contributed by atoms with van der Waals surface area (Å²) < 4.78 is 17.8. The topological polar surface area (TPSA) is 27.7 Å². The maximum Gasteiger partial charge on any atom is 0.0556 e. The fourth-order valence-electron chi connectivity index (χ4n) is 1.88. The first-order chi connectivity index (χ1) is 10.2. The van der Waals surface area contributed by atoms with Gasteiger partial charge in [0.15, 0.2) is 0 Å². The minimum atomic E-state index is 0.0262. The second-order valence-corrected chi connectivity index (χ2v) is 8.81. The largest absolute Gasteiger partial charge is 0.379 e. The van der Waals surface area contributed by atoms with Gasteiger partial charge in [-0.2, -0.15) is 11.8 Å². The summed E-state index contributed by atoms with van der Waals surface area (Å²) in [6, 6.07) is 0. The van der Waals surface area contributed by atoms with Crippen molar-refractivity contribution >= 4 is 11.8 Å². The third kappa shape index (κ3) is 11.8. The third-order valence-corrected chi connectivity index (χ3v) is 4.70. The van der Waals surface area contributed by atoms with Crippen molar-refractivity contribution in [3.63, 3.8) is 0 Å². The van der Waals surface area contributed by atoms with E-state index in [0.29, 0.717) is 5.25 Å². The van der Waals surface area contributed by atoms with E-state index in [-0.39, 0.29) is 23.7 Å². The zero-order valence-corrected chi connectivity index (χ0v) is 16.8. The molecule has 0 aromatic heterocycles. The average molecular weight is 335 g/mol. The van der Waals surface area contributed by atoms with Crippen LogP contribution >= 0.6 is 11.8 Å². The van der Waals surface area contributed by atoms with E-state index in [1.165, 1.54) is 0 Å². The van der Waals surface area contributed by atoms with E-state index in [1.807, 2.05) is 11.8 Å². The van der Waals surface area contributed by atoms with Crippen molar-refractivity contribution in [1.29, 1.82) is 0 Å². The molecule has 0 unspecified atom stereocenters. The third-order valence-electron chi connectivity index (χ3n) is 3.25. The number of hydrogen-bond acceptors (Lipinski definition) is 4. The van der Waals surface area contributed by atoms with Crippen LogP contribution in [0.4, 0.5) is 0 Å². The lowest BCUT2D eigenvalue weighted by Gasteiger charge is -2.35. The first-order valence-electron chi connectivity index (χ1n) is 8.63. The highest BCUT2D eigenvalue weighted by Crippen LogP contribution is 2.31. The van der Waals surface area contributed by atoms with Crippen LogP contribution in [-0.2, 0) is 14.2 Å². The molecule has 0 atom stereocenters. The summed E-state index contributed by atoms with van der Waals surface area (Å²) in [7, 11) is 0. The Bertz CT molecular complexity index is 234.